The SMILES string of the molecule is CN(C)NC1(CN)CCN2CCC1C2. The lowest BCUT2D eigenvalue weighted by Gasteiger charge is -2.44. The second-order valence-corrected chi connectivity index (χ2v) is 4.90. The first-order chi connectivity index (χ1) is 6.66. The molecule has 3 atom stereocenters. The first kappa shape index (κ1) is 10.4. The highest BCUT2D eigenvalue weighted by Gasteiger charge is 2.45. The maximum absolute atomic E-state index is 5.96. The number of nitrogens with one attached hydrogen (secondary N) is 1. The third-order valence-corrected chi connectivity index (χ3v) is 3.74. The van der Waals surface area contributed by atoms with Gasteiger partial charge in [0.05, 0.1) is 5.54 Å². The zero-order valence-electron chi connectivity index (χ0n) is 9.29. The molecule has 2 fully saturated rings. The number of nitrogens with zero attached hydrogens (tertiary/aromatic N) is 2. The van der Waals surface area contributed by atoms with E-state index in [0.29, 0.717) is 0 Å². The average Bonchev–Trinajstić information content (AvgIpc) is 2.55. The van der Waals surface area contributed by atoms with E-state index >= 15 is 0 Å². The molecule has 2 heterocycles. The van der Waals surface area contributed by atoms with Crippen molar-refractivity contribution < 1.29 is 0 Å². The second kappa shape index (κ2) is 3.77. The Kier molecular flexibility index (Phi) is 2.79. The highest BCUT2D eigenvalue weighted by atomic mass is 15.5. The Balaban J connectivity index is 2.10. The Morgan fingerprint density at radius 3 is 2.93 bits per heavy atom. The van der Waals surface area contributed by atoms with Crippen LogP contribution >= 0.6 is 0 Å². The molecule has 0 aromatic rings. The van der Waals surface area contributed by atoms with Crippen molar-refractivity contribution in [3.05, 3.63) is 0 Å². The van der Waals surface area contributed by atoms with Gasteiger partial charge in [-0.25, -0.2) is 5.43 Å². The molecule has 3 N–H and O–H groups in total. The molecule has 0 spiro atoms. The number of hydrazine groups is 1. The molecule has 0 amide bonds. The number of rotatable bonds is 3. The van der Waals surface area contributed by atoms with Gasteiger partial charge in [-0.05, 0) is 25.3 Å². The number of piperidine rings is 1. The van der Waals surface area contributed by atoms with Crippen molar-refractivity contribution in [1.82, 2.24) is 15.3 Å². The predicted octanol–water partition coefficient (Wildman–Crippen LogP) is -0.524. The molecule has 0 aromatic carbocycles. The van der Waals surface area contributed by atoms with Gasteiger partial charge in [0.15, 0.2) is 0 Å². The second-order valence-electron chi connectivity index (χ2n) is 4.90. The van der Waals surface area contributed by atoms with Crippen LogP contribution in [0.15, 0.2) is 0 Å². The van der Waals surface area contributed by atoms with Crippen LogP contribution in [0.2, 0.25) is 0 Å². The third-order valence-electron chi connectivity index (χ3n) is 3.74. The monoisotopic (exact) mass is 198 g/mol. The van der Waals surface area contributed by atoms with Crippen LogP contribution in [0.4, 0.5) is 0 Å². The van der Waals surface area contributed by atoms with Crippen LogP contribution in [-0.4, -0.2) is 55.7 Å². The van der Waals surface area contributed by atoms with E-state index in [1.165, 1.54) is 32.5 Å². The summed E-state index contributed by atoms with van der Waals surface area (Å²) in [5.74, 6) is 0.739. The Morgan fingerprint density at radius 1 is 1.50 bits per heavy atom. The van der Waals surface area contributed by atoms with Gasteiger partial charge >= 0.3 is 0 Å². The lowest BCUT2D eigenvalue weighted by atomic mass is 9.79. The number of hydrogen-bond donors (Lipinski definition) is 2. The van der Waals surface area contributed by atoms with Crippen molar-refractivity contribution in [1.29, 1.82) is 0 Å². The molecule has 2 rings (SSSR count). The van der Waals surface area contributed by atoms with E-state index in [4.69, 9.17) is 5.73 Å². The highest BCUT2D eigenvalue weighted by molar-refractivity contribution is 5.03. The number of nitrogens with two attached hydrogens (primary N) is 1. The summed E-state index contributed by atoms with van der Waals surface area (Å²) < 4.78 is 0. The molecule has 0 radical (unpaired) electrons. The Morgan fingerprint density at radius 2 is 2.29 bits per heavy atom. The van der Waals surface area contributed by atoms with Crippen LogP contribution in [0.1, 0.15) is 12.8 Å². The first-order valence-electron chi connectivity index (χ1n) is 5.54. The maximum Gasteiger partial charge on any atom is 0.0500 e. The first-order valence-corrected chi connectivity index (χ1v) is 5.54. The molecule has 0 saturated carbocycles. The van der Waals surface area contributed by atoms with E-state index in [2.05, 4.69) is 29.4 Å². The summed E-state index contributed by atoms with van der Waals surface area (Å²) in [6.07, 6.45) is 2.49. The fourth-order valence-corrected chi connectivity index (χ4v) is 2.96. The molecular weight excluding hydrogens is 176 g/mol. The zero-order chi connectivity index (χ0) is 10.2. The largest absolute Gasteiger partial charge is 0.329 e. The molecule has 3 unspecified atom stereocenters. The average molecular weight is 198 g/mol. The van der Waals surface area contributed by atoms with Gasteiger partial charge in [0.2, 0.25) is 0 Å². The molecule has 0 aliphatic carbocycles. The van der Waals surface area contributed by atoms with Gasteiger partial charge in [-0.2, -0.15) is 0 Å². The fourth-order valence-electron chi connectivity index (χ4n) is 2.96. The van der Waals surface area contributed by atoms with Crippen LogP contribution in [0.5, 0.6) is 0 Å². The Labute approximate surface area is 86.4 Å². The summed E-state index contributed by atoms with van der Waals surface area (Å²) in [7, 11) is 4.11. The summed E-state index contributed by atoms with van der Waals surface area (Å²) in [5, 5.41) is 2.06. The minimum atomic E-state index is 0.163. The topological polar surface area (TPSA) is 44.5 Å². The van der Waals surface area contributed by atoms with E-state index < -0.39 is 0 Å². The summed E-state index contributed by atoms with van der Waals surface area (Å²) in [6.45, 7) is 4.46. The minimum absolute atomic E-state index is 0.163. The quantitative estimate of drug-likeness (QED) is 0.599. The molecule has 2 aliphatic heterocycles. The lowest BCUT2D eigenvalue weighted by molar-refractivity contribution is 0.0673. The van der Waals surface area contributed by atoms with Gasteiger partial charge < -0.3 is 10.6 Å². The molecule has 0 aromatic heterocycles. The van der Waals surface area contributed by atoms with Gasteiger partial charge in [-0.1, -0.05) is 0 Å². The van der Waals surface area contributed by atoms with Crippen molar-refractivity contribution in [2.24, 2.45) is 11.7 Å². The molecule has 2 bridgehead atoms. The minimum Gasteiger partial charge on any atom is -0.329 e. The smallest absolute Gasteiger partial charge is 0.0500 e. The Bertz CT molecular complexity index is 206. The van der Waals surface area contributed by atoms with Gasteiger partial charge in [0, 0.05) is 33.7 Å². The standard InChI is InChI=1S/C10H22N4/c1-13(2)12-10(8-11)4-6-14-5-3-9(10)7-14/h9,12H,3-8,11H2,1-2H3. The maximum atomic E-state index is 5.96. The van der Waals surface area contributed by atoms with Crippen molar-refractivity contribution >= 4 is 0 Å². The zero-order valence-corrected chi connectivity index (χ0v) is 9.29. The lowest BCUT2D eigenvalue weighted by Crippen LogP contribution is -2.63. The van der Waals surface area contributed by atoms with Crippen LogP contribution in [0, 0.1) is 5.92 Å². The van der Waals surface area contributed by atoms with E-state index in [1.54, 1.807) is 0 Å². The molecule has 82 valence electrons. The van der Waals surface area contributed by atoms with E-state index in [0.717, 1.165) is 12.5 Å². The third kappa shape index (κ3) is 1.67. The highest BCUT2D eigenvalue weighted by Crippen LogP contribution is 2.34. The van der Waals surface area contributed by atoms with Crippen molar-refractivity contribution in [2.75, 3.05) is 40.3 Å². The van der Waals surface area contributed by atoms with Gasteiger partial charge in [0.25, 0.3) is 0 Å². The summed E-state index contributed by atoms with van der Waals surface area (Å²) in [5.41, 5.74) is 9.68. The molecular formula is C10H22N4. The van der Waals surface area contributed by atoms with Crippen molar-refractivity contribution in [2.45, 2.75) is 18.4 Å². The van der Waals surface area contributed by atoms with Crippen molar-refractivity contribution in [3.8, 4) is 0 Å². The van der Waals surface area contributed by atoms with E-state index in [9.17, 15) is 0 Å². The van der Waals surface area contributed by atoms with Crippen LogP contribution in [0.3, 0.4) is 0 Å². The van der Waals surface area contributed by atoms with Gasteiger partial charge in [-0.15, -0.1) is 0 Å². The van der Waals surface area contributed by atoms with Crippen LogP contribution < -0.4 is 11.2 Å². The van der Waals surface area contributed by atoms with E-state index in [-0.39, 0.29) is 5.54 Å². The number of hydrogen-bond acceptors (Lipinski definition) is 4. The summed E-state index contributed by atoms with van der Waals surface area (Å²) in [4.78, 5) is 2.55. The number of fused-ring (bicyclic) bond motifs is 2. The van der Waals surface area contributed by atoms with E-state index in [1.807, 2.05) is 0 Å². The van der Waals surface area contributed by atoms with Crippen molar-refractivity contribution in [3.63, 3.8) is 0 Å². The molecule has 4 heteroatoms. The van der Waals surface area contributed by atoms with Crippen LogP contribution in [-0.2, 0) is 0 Å². The molecule has 14 heavy (non-hydrogen) atoms. The normalized spacial score (nSPS) is 42.0. The predicted molar refractivity (Wildman–Crippen MR) is 57.8 cm³/mol. The molecule has 2 saturated heterocycles. The summed E-state index contributed by atoms with van der Waals surface area (Å²) in [6, 6.07) is 0. The Hall–Kier alpha value is -0.160. The molecule has 4 nitrogen and oxygen atoms in total. The molecule has 2 aliphatic rings. The van der Waals surface area contributed by atoms with Crippen LogP contribution in [0.25, 0.3) is 0 Å². The summed E-state index contributed by atoms with van der Waals surface area (Å²) >= 11 is 0. The van der Waals surface area contributed by atoms with Gasteiger partial charge in [-0.3, -0.25) is 5.01 Å². The fraction of sp³-hybridized carbons (Fsp3) is 1.00. The van der Waals surface area contributed by atoms with Gasteiger partial charge in [0.1, 0.15) is 0 Å².